The highest BCUT2D eigenvalue weighted by Gasteiger charge is 2.34. The Morgan fingerprint density at radius 3 is 2.27 bits per heavy atom. The maximum Gasteiger partial charge on any atom is 0.0319 e. The van der Waals surface area contributed by atoms with E-state index >= 15 is 0 Å². The van der Waals surface area contributed by atoms with Gasteiger partial charge in [-0.15, -0.1) is 0 Å². The maximum absolute atomic E-state index is 5.97. The van der Waals surface area contributed by atoms with Gasteiger partial charge in [0, 0.05) is 5.69 Å². The van der Waals surface area contributed by atoms with Crippen LogP contribution in [-0.4, -0.2) is 0 Å². The lowest BCUT2D eigenvalue weighted by Gasteiger charge is -2.20. The lowest BCUT2D eigenvalue weighted by Crippen LogP contribution is -2.12. The van der Waals surface area contributed by atoms with Gasteiger partial charge in [0.25, 0.3) is 0 Å². The molecule has 1 nitrogen and oxygen atoms in total. The molecule has 2 atom stereocenters. The van der Waals surface area contributed by atoms with Gasteiger partial charge in [0.1, 0.15) is 0 Å². The second-order valence-electron chi connectivity index (χ2n) is 5.96. The first-order valence-electron chi connectivity index (χ1n) is 5.79. The maximum atomic E-state index is 5.97. The topological polar surface area (TPSA) is 26.0 Å². The van der Waals surface area contributed by atoms with Crippen molar-refractivity contribution >= 4 is 5.69 Å². The summed E-state index contributed by atoms with van der Waals surface area (Å²) in [6, 6.07) is 6.59. The number of nitrogen functional groups attached to an aromatic ring is 1. The lowest BCUT2D eigenvalue weighted by molar-refractivity contribution is 0.589. The summed E-state index contributed by atoms with van der Waals surface area (Å²) in [5.41, 5.74) is 9.87. The molecule has 2 rings (SSSR count). The van der Waals surface area contributed by atoms with Crippen molar-refractivity contribution in [2.75, 3.05) is 5.73 Å². The summed E-state index contributed by atoms with van der Waals surface area (Å²) < 4.78 is 0. The van der Waals surface area contributed by atoms with Crippen LogP contribution in [0.4, 0.5) is 5.69 Å². The fourth-order valence-electron chi connectivity index (χ4n) is 2.11. The molecule has 15 heavy (non-hydrogen) atoms. The van der Waals surface area contributed by atoms with Gasteiger partial charge in [-0.2, -0.15) is 0 Å². The Labute approximate surface area is 92.7 Å². The zero-order chi connectivity index (χ0) is 11.2. The van der Waals surface area contributed by atoms with Gasteiger partial charge in [0.15, 0.2) is 0 Å². The second-order valence-corrected chi connectivity index (χ2v) is 5.96. The van der Waals surface area contributed by atoms with Crippen molar-refractivity contribution in [1.82, 2.24) is 0 Å². The van der Waals surface area contributed by atoms with Gasteiger partial charge < -0.3 is 5.73 Å². The van der Waals surface area contributed by atoms with E-state index in [0.29, 0.717) is 0 Å². The predicted molar refractivity (Wildman–Crippen MR) is 66.1 cm³/mol. The van der Waals surface area contributed by atoms with Crippen molar-refractivity contribution in [1.29, 1.82) is 0 Å². The van der Waals surface area contributed by atoms with E-state index in [2.05, 4.69) is 45.9 Å². The van der Waals surface area contributed by atoms with E-state index in [4.69, 9.17) is 5.73 Å². The van der Waals surface area contributed by atoms with Crippen molar-refractivity contribution in [3.8, 4) is 0 Å². The van der Waals surface area contributed by atoms with E-state index < -0.39 is 0 Å². The summed E-state index contributed by atoms with van der Waals surface area (Å²) in [4.78, 5) is 0. The van der Waals surface area contributed by atoms with Gasteiger partial charge in [0.2, 0.25) is 0 Å². The summed E-state index contributed by atoms with van der Waals surface area (Å²) in [7, 11) is 0. The van der Waals surface area contributed by atoms with Crippen LogP contribution in [0, 0.1) is 5.92 Å². The fourth-order valence-corrected chi connectivity index (χ4v) is 2.11. The van der Waals surface area contributed by atoms with Gasteiger partial charge in [-0.05, 0) is 46.9 Å². The van der Waals surface area contributed by atoms with E-state index in [0.717, 1.165) is 17.5 Å². The molecule has 2 unspecified atom stereocenters. The molecule has 0 aliphatic heterocycles. The van der Waals surface area contributed by atoms with E-state index in [9.17, 15) is 0 Å². The summed E-state index contributed by atoms with van der Waals surface area (Å²) >= 11 is 0. The Kier molecular flexibility index (Phi) is 2.29. The molecule has 1 aliphatic carbocycles. The molecule has 2 N–H and O–H groups in total. The predicted octanol–water partition coefficient (Wildman–Crippen LogP) is 3.69. The van der Waals surface area contributed by atoms with Crippen LogP contribution in [0.5, 0.6) is 0 Å². The minimum absolute atomic E-state index is 0.197. The van der Waals surface area contributed by atoms with Crippen LogP contribution in [0.15, 0.2) is 18.2 Å². The smallest absolute Gasteiger partial charge is 0.0319 e. The molecule has 1 aromatic carbocycles. The Hall–Kier alpha value is -0.980. The lowest BCUT2D eigenvalue weighted by atomic mass is 9.85. The zero-order valence-electron chi connectivity index (χ0n) is 10.2. The van der Waals surface area contributed by atoms with Crippen LogP contribution in [0.1, 0.15) is 51.2 Å². The zero-order valence-corrected chi connectivity index (χ0v) is 10.2. The highest BCUT2D eigenvalue weighted by Crippen LogP contribution is 2.48. The molecule has 0 aromatic heterocycles. The molecular formula is C14H21N. The summed E-state index contributed by atoms with van der Waals surface area (Å²) in [6.45, 7) is 9.02. The number of rotatable bonds is 1. The molecule has 0 spiro atoms. The summed E-state index contributed by atoms with van der Waals surface area (Å²) in [5.74, 6) is 1.61. The van der Waals surface area contributed by atoms with Crippen LogP contribution >= 0.6 is 0 Å². The average Bonchev–Trinajstić information content (AvgIpc) is 2.80. The summed E-state index contributed by atoms with van der Waals surface area (Å²) in [6.07, 6.45) is 1.33. The normalized spacial score (nSPS) is 25.3. The molecule has 1 aliphatic rings. The molecular weight excluding hydrogens is 182 g/mol. The minimum Gasteiger partial charge on any atom is -0.399 e. The molecule has 1 fully saturated rings. The number of hydrogen-bond donors (Lipinski definition) is 1. The average molecular weight is 203 g/mol. The number of nitrogens with two attached hydrogens (primary N) is 1. The highest BCUT2D eigenvalue weighted by molar-refractivity contribution is 5.48. The second kappa shape index (κ2) is 3.26. The van der Waals surface area contributed by atoms with E-state index in [1.807, 2.05) is 0 Å². The first-order chi connectivity index (χ1) is 6.88. The quantitative estimate of drug-likeness (QED) is 0.692. The van der Waals surface area contributed by atoms with Gasteiger partial charge >= 0.3 is 0 Å². The Balaban J connectivity index is 2.37. The third-order valence-corrected chi connectivity index (χ3v) is 3.38. The minimum atomic E-state index is 0.197. The molecule has 1 aromatic rings. The Morgan fingerprint density at radius 2 is 1.80 bits per heavy atom. The van der Waals surface area contributed by atoms with Crippen molar-refractivity contribution in [3.05, 3.63) is 29.3 Å². The molecule has 0 heterocycles. The number of anilines is 1. The fraction of sp³-hybridized carbons (Fsp3) is 0.571. The SMILES string of the molecule is CC1CC1c1cc(N)cc(C(C)(C)C)c1. The standard InChI is InChI=1S/C14H21N/c1-9-5-13(9)10-6-11(14(2,3)4)8-12(15)7-10/h6-9,13H,5,15H2,1-4H3. The third-order valence-electron chi connectivity index (χ3n) is 3.38. The molecule has 1 saturated carbocycles. The number of hydrogen-bond acceptors (Lipinski definition) is 1. The highest BCUT2D eigenvalue weighted by atomic mass is 14.6. The van der Waals surface area contributed by atoms with Crippen LogP contribution in [-0.2, 0) is 5.41 Å². The van der Waals surface area contributed by atoms with E-state index in [1.54, 1.807) is 0 Å². The van der Waals surface area contributed by atoms with Gasteiger partial charge in [-0.1, -0.05) is 33.8 Å². The summed E-state index contributed by atoms with van der Waals surface area (Å²) in [5, 5.41) is 0. The van der Waals surface area contributed by atoms with Crippen LogP contribution in [0.3, 0.4) is 0 Å². The molecule has 0 bridgehead atoms. The van der Waals surface area contributed by atoms with E-state index in [-0.39, 0.29) is 5.41 Å². The molecule has 0 saturated heterocycles. The van der Waals surface area contributed by atoms with Crippen molar-refractivity contribution in [3.63, 3.8) is 0 Å². The van der Waals surface area contributed by atoms with Gasteiger partial charge in [0.05, 0.1) is 0 Å². The van der Waals surface area contributed by atoms with Crippen molar-refractivity contribution in [2.24, 2.45) is 5.92 Å². The largest absolute Gasteiger partial charge is 0.399 e. The van der Waals surface area contributed by atoms with Gasteiger partial charge in [-0.25, -0.2) is 0 Å². The number of benzene rings is 1. The van der Waals surface area contributed by atoms with Crippen LogP contribution in [0.2, 0.25) is 0 Å². The van der Waals surface area contributed by atoms with Crippen molar-refractivity contribution in [2.45, 2.75) is 45.4 Å². The van der Waals surface area contributed by atoms with Gasteiger partial charge in [-0.3, -0.25) is 0 Å². The third kappa shape index (κ3) is 2.17. The molecule has 1 heteroatoms. The Morgan fingerprint density at radius 1 is 1.20 bits per heavy atom. The molecule has 82 valence electrons. The van der Waals surface area contributed by atoms with Crippen LogP contribution < -0.4 is 5.73 Å². The first-order valence-corrected chi connectivity index (χ1v) is 5.79. The molecule has 0 amide bonds. The van der Waals surface area contributed by atoms with Crippen LogP contribution in [0.25, 0.3) is 0 Å². The Bertz CT molecular complexity index is 373. The van der Waals surface area contributed by atoms with Crippen molar-refractivity contribution < 1.29 is 0 Å². The molecule has 0 radical (unpaired) electrons. The first kappa shape index (κ1) is 10.5. The van der Waals surface area contributed by atoms with E-state index in [1.165, 1.54) is 17.5 Å². The monoisotopic (exact) mass is 203 g/mol.